The van der Waals surface area contributed by atoms with E-state index >= 15 is 0 Å². The van der Waals surface area contributed by atoms with Gasteiger partial charge in [-0.2, -0.15) is 24.7 Å². The summed E-state index contributed by atoms with van der Waals surface area (Å²) in [6, 6.07) is 0. The first-order valence-corrected chi connectivity index (χ1v) is 7.07. The van der Waals surface area contributed by atoms with Crippen LogP contribution in [-0.4, -0.2) is 35.3 Å². The predicted octanol–water partition coefficient (Wildman–Crippen LogP) is 2.73. The highest BCUT2D eigenvalue weighted by atomic mass is 35.5. The fourth-order valence-corrected chi connectivity index (χ4v) is 2.64. The van der Waals surface area contributed by atoms with E-state index in [2.05, 4.69) is 65.0 Å². The molecule has 2 rings (SSSR count). The van der Waals surface area contributed by atoms with E-state index in [9.17, 15) is 0 Å². The first-order valence-electron chi connectivity index (χ1n) is 6.69. The standard InChI is InChI=1S/C13H20ClN7/c1-12(2,3)6-13(4,5)20-10-17-9(14)18-11(19-10)21-8-15-7-16-21/h7-8H,6H2,1-5H3,(H,17,18,19,20). The molecule has 7 nitrogen and oxygen atoms in total. The van der Waals surface area contributed by atoms with Gasteiger partial charge in [-0.1, -0.05) is 20.8 Å². The zero-order chi connectivity index (χ0) is 15.7. The highest BCUT2D eigenvalue weighted by Gasteiger charge is 2.26. The lowest BCUT2D eigenvalue weighted by molar-refractivity contribution is 0.301. The van der Waals surface area contributed by atoms with Crippen molar-refractivity contribution in [3.05, 3.63) is 17.9 Å². The van der Waals surface area contributed by atoms with Gasteiger partial charge >= 0.3 is 0 Å². The van der Waals surface area contributed by atoms with Crippen LogP contribution >= 0.6 is 11.6 Å². The highest BCUT2D eigenvalue weighted by Crippen LogP contribution is 2.29. The molecule has 0 unspecified atom stereocenters. The summed E-state index contributed by atoms with van der Waals surface area (Å²) in [7, 11) is 0. The molecule has 0 aromatic carbocycles. The summed E-state index contributed by atoms with van der Waals surface area (Å²) in [5, 5.41) is 7.42. The molecule has 0 amide bonds. The fraction of sp³-hybridized carbons (Fsp3) is 0.615. The molecular weight excluding hydrogens is 290 g/mol. The molecule has 2 aromatic rings. The number of anilines is 1. The monoisotopic (exact) mass is 309 g/mol. The lowest BCUT2D eigenvalue weighted by atomic mass is 9.82. The van der Waals surface area contributed by atoms with Gasteiger partial charge < -0.3 is 5.32 Å². The zero-order valence-electron chi connectivity index (χ0n) is 12.9. The van der Waals surface area contributed by atoms with Crippen molar-refractivity contribution in [3.63, 3.8) is 0 Å². The SMILES string of the molecule is CC(C)(C)CC(C)(C)Nc1nc(Cl)nc(-n2cncn2)n1. The molecule has 2 aromatic heterocycles. The normalized spacial score (nSPS) is 12.5. The maximum absolute atomic E-state index is 5.97. The summed E-state index contributed by atoms with van der Waals surface area (Å²) in [6.07, 6.45) is 3.87. The minimum Gasteiger partial charge on any atom is -0.349 e. The van der Waals surface area contributed by atoms with Crippen LogP contribution in [0.4, 0.5) is 5.95 Å². The largest absolute Gasteiger partial charge is 0.349 e. The molecular formula is C13H20ClN7. The van der Waals surface area contributed by atoms with Crippen molar-refractivity contribution in [2.75, 3.05) is 5.32 Å². The Hall–Kier alpha value is -1.76. The van der Waals surface area contributed by atoms with E-state index in [1.54, 1.807) is 0 Å². The molecule has 0 aliphatic rings. The molecule has 0 saturated carbocycles. The Morgan fingerprint density at radius 3 is 2.43 bits per heavy atom. The zero-order valence-corrected chi connectivity index (χ0v) is 13.7. The second-order valence-electron chi connectivity index (χ2n) is 6.81. The molecule has 0 saturated heterocycles. The third kappa shape index (κ3) is 4.63. The van der Waals surface area contributed by atoms with E-state index in [4.69, 9.17) is 11.6 Å². The number of aromatic nitrogens is 6. The quantitative estimate of drug-likeness (QED) is 0.935. The van der Waals surface area contributed by atoms with Gasteiger partial charge in [0, 0.05) is 5.54 Å². The van der Waals surface area contributed by atoms with Gasteiger partial charge in [0.1, 0.15) is 12.7 Å². The molecule has 0 radical (unpaired) electrons. The van der Waals surface area contributed by atoms with Gasteiger partial charge in [-0.3, -0.25) is 0 Å². The van der Waals surface area contributed by atoms with Gasteiger partial charge in [-0.25, -0.2) is 4.98 Å². The molecule has 0 atom stereocenters. The molecule has 0 bridgehead atoms. The van der Waals surface area contributed by atoms with Crippen molar-refractivity contribution in [2.24, 2.45) is 5.41 Å². The molecule has 114 valence electrons. The van der Waals surface area contributed by atoms with Gasteiger partial charge in [-0.05, 0) is 37.3 Å². The van der Waals surface area contributed by atoms with Crippen LogP contribution in [0.15, 0.2) is 12.7 Å². The van der Waals surface area contributed by atoms with Crippen LogP contribution in [-0.2, 0) is 0 Å². The van der Waals surface area contributed by atoms with E-state index < -0.39 is 0 Å². The Labute approximate surface area is 129 Å². The maximum atomic E-state index is 5.97. The third-order valence-electron chi connectivity index (χ3n) is 2.64. The Bertz CT molecular complexity index is 601. The first-order chi connectivity index (χ1) is 9.65. The molecule has 0 aliphatic heterocycles. The van der Waals surface area contributed by atoms with Crippen molar-refractivity contribution in [1.29, 1.82) is 0 Å². The Kier molecular flexibility index (Phi) is 4.13. The summed E-state index contributed by atoms with van der Waals surface area (Å²) in [4.78, 5) is 16.4. The number of rotatable bonds is 4. The average Bonchev–Trinajstić information content (AvgIpc) is 2.76. The van der Waals surface area contributed by atoms with E-state index in [1.165, 1.54) is 17.3 Å². The molecule has 1 N–H and O–H groups in total. The van der Waals surface area contributed by atoms with Gasteiger partial charge in [-0.15, -0.1) is 0 Å². The molecule has 0 aliphatic carbocycles. The number of halogens is 1. The second kappa shape index (κ2) is 5.55. The van der Waals surface area contributed by atoms with Crippen molar-refractivity contribution in [3.8, 4) is 5.95 Å². The van der Waals surface area contributed by atoms with E-state index in [-0.39, 0.29) is 16.2 Å². The van der Waals surface area contributed by atoms with Crippen LogP contribution in [0, 0.1) is 5.41 Å². The summed E-state index contributed by atoms with van der Waals surface area (Å²) in [5.41, 5.74) is 0.00459. The highest BCUT2D eigenvalue weighted by molar-refractivity contribution is 6.28. The van der Waals surface area contributed by atoms with E-state index in [0.717, 1.165) is 6.42 Å². The third-order valence-corrected chi connectivity index (χ3v) is 2.81. The maximum Gasteiger partial charge on any atom is 0.258 e. The van der Waals surface area contributed by atoms with E-state index in [1.807, 2.05) is 0 Å². The van der Waals surface area contributed by atoms with Gasteiger partial charge in [0.25, 0.3) is 5.95 Å². The Balaban J connectivity index is 2.25. The van der Waals surface area contributed by atoms with E-state index in [0.29, 0.717) is 11.9 Å². The van der Waals surface area contributed by atoms with Gasteiger partial charge in [0.2, 0.25) is 11.2 Å². The van der Waals surface area contributed by atoms with Crippen LogP contribution in [0.2, 0.25) is 5.28 Å². The lowest BCUT2D eigenvalue weighted by Crippen LogP contribution is -2.36. The number of nitrogens with zero attached hydrogens (tertiary/aromatic N) is 6. The molecule has 21 heavy (non-hydrogen) atoms. The fourth-order valence-electron chi connectivity index (χ4n) is 2.48. The molecule has 0 spiro atoms. The van der Waals surface area contributed by atoms with Crippen molar-refractivity contribution in [1.82, 2.24) is 29.7 Å². The van der Waals surface area contributed by atoms with Crippen molar-refractivity contribution in [2.45, 2.75) is 46.6 Å². The topological polar surface area (TPSA) is 81.4 Å². The number of hydrogen-bond donors (Lipinski definition) is 1. The predicted molar refractivity (Wildman–Crippen MR) is 81.5 cm³/mol. The second-order valence-corrected chi connectivity index (χ2v) is 7.15. The Morgan fingerprint density at radius 1 is 1.14 bits per heavy atom. The first kappa shape index (κ1) is 15.6. The molecule has 8 heteroatoms. The summed E-state index contributed by atoms with van der Waals surface area (Å²) < 4.78 is 1.44. The summed E-state index contributed by atoms with van der Waals surface area (Å²) in [5.74, 6) is 0.760. The minimum atomic E-state index is -0.178. The van der Waals surface area contributed by atoms with Crippen LogP contribution < -0.4 is 5.32 Å². The van der Waals surface area contributed by atoms with Crippen molar-refractivity contribution >= 4 is 17.5 Å². The summed E-state index contributed by atoms with van der Waals surface area (Å²) in [6.45, 7) is 10.8. The average molecular weight is 310 g/mol. The lowest BCUT2D eigenvalue weighted by Gasteiger charge is -2.33. The van der Waals surface area contributed by atoms with Gasteiger partial charge in [0.15, 0.2) is 0 Å². The summed E-state index contributed by atoms with van der Waals surface area (Å²) >= 11 is 5.97. The number of nitrogens with one attached hydrogen (secondary N) is 1. The molecule has 0 fully saturated rings. The number of hydrogen-bond acceptors (Lipinski definition) is 6. The van der Waals surface area contributed by atoms with Crippen LogP contribution in [0.25, 0.3) is 5.95 Å². The van der Waals surface area contributed by atoms with Crippen LogP contribution in [0.5, 0.6) is 0 Å². The smallest absolute Gasteiger partial charge is 0.258 e. The Morgan fingerprint density at radius 2 is 1.86 bits per heavy atom. The van der Waals surface area contributed by atoms with Crippen molar-refractivity contribution < 1.29 is 0 Å². The molecule has 2 heterocycles. The minimum absolute atomic E-state index is 0.115. The van der Waals surface area contributed by atoms with Gasteiger partial charge in [0.05, 0.1) is 0 Å². The van der Waals surface area contributed by atoms with Crippen LogP contribution in [0.1, 0.15) is 41.0 Å². The van der Waals surface area contributed by atoms with Crippen LogP contribution in [0.3, 0.4) is 0 Å².